The minimum atomic E-state index is 0.111. The number of halogens is 1. The third-order valence-electron chi connectivity index (χ3n) is 0.0630. The molecule has 0 atom stereocenters. The van der Waals surface area contributed by atoms with Gasteiger partial charge in [-0.1, -0.05) is 0 Å². The van der Waals surface area contributed by atoms with Crippen molar-refractivity contribution in [1.29, 1.82) is 0 Å². The smallest absolute Gasteiger partial charge is 0.134 e. The maximum Gasteiger partial charge on any atom is 0.134 e. The van der Waals surface area contributed by atoms with E-state index in [0.717, 1.165) is 14.2 Å². The number of aldehydes is 1. The van der Waals surface area contributed by atoms with Gasteiger partial charge in [0.25, 0.3) is 0 Å². The van der Waals surface area contributed by atoms with Crippen LogP contribution in [0.2, 0.25) is 0 Å². The van der Waals surface area contributed by atoms with Crippen LogP contribution in [-0.2, 0) is 4.79 Å². The Bertz CT molecular complexity index is 25.2. The molecule has 0 heterocycles. The number of hydrogen-bond acceptors (Lipinski definition) is 3. The van der Waals surface area contributed by atoms with Crippen molar-refractivity contribution in [3.8, 4) is 0 Å². The first kappa shape index (κ1) is 15.7. The highest BCUT2D eigenvalue weighted by molar-refractivity contribution is 6.24. The van der Waals surface area contributed by atoms with Crippen LogP contribution in [0.15, 0.2) is 0 Å². The van der Waals surface area contributed by atoms with Crippen LogP contribution in [0.1, 0.15) is 0 Å². The first-order valence-electron chi connectivity index (χ1n) is 1.81. The van der Waals surface area contributed by atoms with E-state index in [-0.39, 0.29) is 5.88 Å². The van der Waals surface area contributed by atoms with E-state index in [1.165, 1.54) is 0 Å². The Morgan fingerprint density at radius 2 is 1.50 bits per heavy atom. The second-order valence-corrected chi connectivity index (χ2v) is 0.630. The summed E-state index contributed by atoms with van der Waals surface area (Å²) >= 11 is 4.82. The molecule has 0 bridgehead atoms. The summed E-state index contributed by atoms with van der Waals surface area (Å²) in [5, 5.41) is 14.0. The van der Waals surface area contributed by atoms with E-state index < -0.39 is 0 Å². The van der Waals surface area contributed by atoms with Gasteiger partial charge in [-0.05, 0) is 0 Å². The van der Waals surface area contributed by atoms with Gasteiger partial charge in [0.2, 0.25) is 0 Å². The van der Waals surface area contributed by atoms with Crippen LogP contribution in [0, 0.1) is 0 Å². The molecule has 3 nitrogen and oxygen atoms in total. The third kappa shape index (κ3) is 181. The lowest BCUT2D eigenvalue weighted by Gasteiger charge is -1.49. The first-order chi connectivity index (χ1) is 3.91. The molecule has 0 aliphatic carbocycles. The molecule has 0 radical (unpaired) electrons. The van der Waals surface area contributed by atoms with Crippen molar-refractivity contribution in [2.45, 2.75) is 0 Å². The monoisotopic (exact) mass is 142 g/mol. The molecule has 8 heavy (non-hydrogen) atoms. The van der Waals surface area contributed by atoms with Crippen molar-refractivity contribution in [2.24, 2.45) is 0 Å². The molecule has 0 unspecified atom stereocenters. The minimum absolute atomic E-state index is 0.111. The van der Waals surface area contributed by atoms with E-state index >= 15 is 0 Å². The fourth-order valence-electron chi connectivity index (χ4n) is 0. The summed E-state index contributed by atoms with van der Waals surface area (Å²) in [6.45, 7) is 0. The van der Waals surface area contributed by atoms with Crippen LogP contribution in [-0.4, -0.2) is 36.6 Å². The lowest BCUT2D eigenvalue weighted by atomic mass is 10.9. The Balaban J connectivity index is -0.0000000542. The van der Waals surface area contributed by atoms with E-state index in [0.29, 0.717) is 6.29 Å². The quantitative estimate of drug-likeness (QED) is 0.389. The Labute approximate surface area is 53.9 Å². The van der Waals surface area contributed by atoms with Gasteiger partial charge in [-0.3, -0.25) is 0 Å². The molecule has 0 rings (SSSR count). The van der Waals surface area contributed by atoms with Crippen molar-refractivity contribution in [2.75, 3.05) is 20.1 Å². The zero-order chi connectivity index (χ0) is 7.41. The molecule has 2 N–H and O–H groups in total. The number of aliphatic hydroxyl groups excluding tert-OH is 2. The SMILES string of the molecule is CO.CO.O=CCCl. The largest absolute Gasteiger partial charge is 0.400 e. The maximum atomic E-state index is 9.04. The average molecular weight is 143 g/mol. The topological polar surface area (TPSA) is 57.5 Å². The number of aliphatic hydroxyl groups is 2. The van der Waals surface area contributed by atoms with E-state index in [4.69, 9.17) is 26.6 Å². The van der Waals surface area contributed by atoms with Gasteiger partial charge in [0.05, 0.1) is 5.88 Å². The zero-order valence-corrected chi connectivity index (χ0v) is 5.72. The maximum absolute atomic E-state index is 9.04. The summed E-state index contributed by atoms with van der Waals surface area (Å²) in [5.74, 6) is 0.111. The van der Waals surface area contributed by atoms with Gasteiger partial charge in [-0.2, -0.15) is 0 Å². The van der Waals surface area contributed by atoms with Crippen LogP contribution in [0.25, 0.3) is 0 Å². The van der Waals surface area contributed by atoms with Crippen molar-refractivity contribution < 1.29 is 15.0 Å². The molecule has 0 spiro atoms. The molecule has 0 aromatic rings. The van der Waals surface area contributed by atoms with Crippen LogP contribution < -0.4 is 0 Å². The predicted molar refractivity (Wildman–Crippen MR) is 33.1 cm³/mol. The van der Waals surface area contributed by atoms with Gasteiger partial charge < -0.3 is 15.0 Å². The molecule has 0 fully saturated rings. The number of alkyl halides is 1. The molecule has 0 aromatic carbocycles. The molecule has 4 heteroatoms. The Hall–Kier alpha value is -0.120. The molecule has 0 amide bonds. The number of carbonyl (C=O) groups is 1. The average Bonchev–Trinajstić information content (AvgIpc) is 1.96. The molecular formula is C4H11ClO3. The van der Waals surface area contributed by atoms with Gasteiger partial charge in [0.15, 0.2) is 0 Å². The Kier molecular flexibility index (Phi) is 132. The van der Waals surface area contributed by atoms with Crippen LogP contribution in [0.3, 0.4) is 0 Å². The normalized spacial score (nSPS) is 4.62. The number of carbonyl (C=O) groups excluding carboxylic acids is 1. The second kappa shape index (κ2) is 67.3. The highest BCUT2D eigenvalue weighted by atomic mass is 35.5. The Morgan fingerprint density at radius 3 is 1.50 bits per heavy atom. The first-order valence-corrected chi connectivity index (χ1v) is 2.34. The summed E-state index contributed by atoms with van der Waals surface area (Å²) in [7, 11) is 2.00. The van der Waals surface area contributed by atoms with Crippen molar-refractivity contribution in [1.82, 2.24) is 0 Å². The minimum Gasteiger partial charge on any atom is -0.400 e. The van der Waals surface area contributed by atoms with Gasteiger partial charge in [0.1, 0.15) is 6.29 Å². The summed E-state index contributed by atoms with van der Waals surface area (Å²) in [4.78, 5) is 9.04. The summed E-state index contributed by atoms with van der Waals surface area (Å²) in [6, 6.07) is 0. The molecular weight excluding hydrogens is 131 g/mol. The number of hydrogen-bond donors (Lipinski definition) is 2. The molecule has 0 aliphatic heterocycles. The molecule has 0 saturated carbocycles. The summed E-state index contributed by atoms with van der Waals surface area (Å²) in [5.41, 5.74) is 0. The van der Waals surface area contributed by atoms with Crippen molar-refractivity contribution in [3.63, 3.8) is 0 Å². The van der Waals surface area contributed by atoms with Crippen molar-refractivity contribution >= 4 is 17.9 Å². The highest BCUT2D eigenvalue weighted by Gasteiger charge is 1.55. The standard InChI is InChI=1S/C2H3ClO.2CH4O/c3-1-2-4;2*1-2/h2H,1H2;2*2H,1H3. The van der Waals surface area contributed by atoms with Crippen LogP contribution in [0.4, 0.5) is 0 Å². The molecule has 52 valence electrons. The fourth-order valence-corrected chi connectivity index (χ4v) is 0. The van der Waals surface area contributed by atoms with Crippen LogP contribution in [0.5, 0.6) is 0 Å². The lowest BCUT2D eigenvalue weighted by Crippen LogP contribution is -1.63. The van der Waals surface area contributed by atoms with Gasteiger partial charge in [-0.15, -0.1) is 11.6 Å². The predicted octanol–water partition coefficient (Wildman–Crippen LogP) is -0.359. The van der Waals surface area contributed by atoms with E-state index in [9.17, 15) is 0 Å². The van der Waals surface area contributed by atoms with E-state index in [2.05, 4.69) is 0 Å². The zero-order valence-electron chi connectivity index (χ0n) is 4.97. The fraction of sp³-hybridized carbons (Fsp3) is 0.750. The summed E-state index contributed by atoms with van der Waals surface area (Å²) in [6.07, 6.45) is 0.640. The van der Waals surface area contributed by atoms with E-state index in [1.54, 1.807) is 0 Å². The third-order valence-corrected chi connectivity index (χ3v) is 0.189. The van der Waals surface area contributed by atoms with E-state index in [1.807, 2.05) is 0 Å². The second-order valence-electron chi connectivity index (χ2n) is 0.321. The lowest BCUT2D eigenvalue weighted by molar-refractivity contribution is -0.105. The molecule has 0 aliphatic rings. The van der Waals surface area contributed by atoms with Gasteiger partial charge in [-0.25, -0.2) is 0 Å². The molecule has 0 aromatic heterocycles. The molecule has 0 saturated heterocycles. The Morgan fingerprint density at radius 1 is 1.38 bits per heavy atom. The number of rotatable bonds is 1. The van der Waals surface area contributed by atoms with Crippen molar-refractivity contribution in [3.05, 3.63) is 0 Å². The van der Waals surface area contributed by atoms with Gasteiger partial charge in [0, 0.05) is 14.2 Å². The van der Waals surface area contributed by atoms with Gasteiger partial charge >= 0.3 is 0 Å². The highest BCUT2D eigenvalue weighted by Crippen LogP contribution is 1.57. The summed E-state index contributed by atoms with van der Waals surface area (Å²) < 4.78 is 0. The van der Waals surface area contributed by atoms with Crippen LogP contribution >= 0.6 is 11.6 Å².